The van der Waals surface area contributed by atoms with Gasteiger partial charge in [-0.3, -0.25) is 0 Å². The van der Waals surface area contributed by atoms with Crippen molar-refractivity contribution in [2.45, 2.75) is 0 Å². The van der Waals surface area contributed by atoms with Crippen molar-refractivity contribution in [3.8, 4) is 0 Å². The number of hydrogen-bond donors (Lipinski definition) is 0. The molecule has 0 saturated carbocycles. The highest BCUT2D eigenvalue weighted by atomic mass is 79.9. The van der Waals surface area contributed by atoms with Crippen LogP contribution in [0.5, 0.6) is 0 Å². The van der Waals surface area contributed by atoms with E-state index in [9.17, 15) is 0 Å². The first-order valence-corrected chi connectivity index (χ1v) is 4.48. The zero-order valence-electron chi connectivity index (χ0n) is 5.43. The van der Waals surface area contributed by atoms with Crippen LogP contribution in [0.4, 0.5) is 0 Å². The Hall–Kier alpha value is -0.340. The van der Waals surface area contributed by atoms with Crippen LogP contribution in [0.25, 0.3) is 12.2 Å². The van der Waals surface area contributed by atoms with Crippen LogP contribution in [-0.4, -0.2) is 0 Å². The summed E-state index contributed by atoms with van der Waals surface area (Å²) in [7, 11) is 0. The maximum atomic E-state index is 3.70. The summed E-state index contributed by atoms with van der Waals surface area (Å²) < 4.78 is 1.10. The molecule has 0 nitrogen and oxygen atoms in total. The largest absolute Gasteiger partial charge is 0.143 e. The van der Waals surface area contributed by atoms with E-state index in [-0.39, 0.29) is 0 Å². The van der Waals surface area contributed by atoms with Gasteiger partial charge in [-0.1, -0.05) is 25.3 Å². The summed E-state index contributed by atoms with van der Waals surface area (Å²) in [6.45, 7) is 7.40. The first kappa shape index (κ1) is 7.76. The molecule has 0 aliphatic rings. The quantitative estimate of drug-likeness (QED) is 0.703. The Morgan fingerprint density at radius 3 is 2.50 bits per heavy atom. The fourth-order valence-electron chi connectivity index (χ4n) is 0.716. The van der Waals surface area contributed by atoms with Gasteiger partial charge in [-0.25, -0.2) is 0 Å². The molecule has 1 heterocycles. The molecule has 0 radical (unpaired) electrons. The smallest absolute Gasteiger partial charge is 0.0360 e. The highest BCUT2D eigenvalue weighted by Crippen LogP contribution is 2.28. The molecule has 1 aromatic heterocycles. The van der Waals surface area contributed by atoms with Gasteiger partial charge >= 0.3 is 0 Å². The van der Waals surface area contributed by atoms with Crippen LogP contribution in [0.2, 0.25) is 0 Å². The Morgan fingerprint density at radius 2 is 2.10 bits per heavy atom. The average Bonchev–Trinajstić information content (AvgIpc) is 2.30. The Kier molecular flexibility index (Phi) is 2.46. The highest BCUT2D eigenvalue weighted by Gasteiger charge is 2.01. The van der Waals surface area contributed by atoms with Gasteiger partial charge < -0.3 is 0 Å². The third kappa shape index (κ3) is 1.22. The van der Waals surface area contributed by atoms with E-state index < -0.39 is 0 Å². The molecular weight excluding hydrogens is 208 g/mol. The molecule has 52 valence electrons. The number of halogens is 1. The van der Waals surface area contributed by atoms with Crippen LogP contribution in [0, 0.1) is 0 Å². The molecule has 0 spiro atoms. The van der Waals surface area contributed by atoms with Crippen molar-refractivity contribution in [3.63, 3.8) is 0 Å². The summed E-state index contributed by atoms with van der Waals surface area (Å²) in [6.07, 6.45) is 3.67. The lowest BCUT2D eigenvalue weighted by atomic mass is 10.2. The minimum atomic E-state index is 1.10. The van der Waals surface area contributed by atoms with E-state index in [0.717, 1.165) is 10.0 Å². The molecule has 0 fully saturated rings. The van der Waals surface area contributed by atoms with Crippen LogP contribution in [0.1, 0.15) is 10.4 Å². The highest BCUT2D eigenvalue weighted by molar-refractivity contribution is 9.10. The molecule has 0 unspecified atom stereocenters. The fraction of sp³-hybridized carbons (Fsp3) is 0. The Bertz CT molecular complexity index is 260. The summed E-state index contributed by atoms with van der Waals surface area (Å²) in [5.74, 6) is 0. The zero-order valence-corrected chi connectivity index (χ0v) is 7.83. The van der Waals surface area contributed by atoms with Crippen molar-refractivity contribution in [3.05, 3.63) is 33.5 Å². The minimum Gasteiger partial charge on any atom is -0.143 e. The molecule has 10 heavy (non-hydrogen) atoms. The van der Waals surface area contributed by atoms with Crippen LogP contribution >= 0.6 is 27.3 Å². The molecule has 0 saturated heterocycles. The summed E-state index contributed by atoms with van der Waals surface area (Å²) >= 11 is 5.07. The molecule has 2 heteroatoms. The van der Waals surface area contributed by atoms with Crippen molar-refractivity contribution in [1.82, 2.24) is 0 Å². The Labute approximate surface area is 73.0 Å². The predicted octanol–water partition coefficient (Wildman–Crippen LogP) is 3.80. The van der Waals surface area contributed by atoms with E-state index in [2.05, 4.69) is 29.1 Å². The second-order valence-corrected chi connectivity index (χ2v) is 3.54. The second kappa shape index (κ2) is 3.17. The monoisotopic (exact) mass is 214 g/mol. The first-order chi connectivity index (χ1) is 4.79. The van der Waals surface area contributed by atoms with Crippen molar-refractivity contribution in [1.29, 1.82) is 0 Å². The van der Waals surface area contributed by atoms with E-state index in [1.807, 2.05) is 17.5 Å². The molecule has 0 aliphatic carbocycles. The van der Waals surface area contributed by atoms with Gasteiger partial charge in [0.1, 0.15) is 0 Å². The normalized spacial score (nSPS) is 9.30. The third-order valence-corrected chi connectivity index (χ3v) is 3.15. The van der Waals surface area contributed by atoms with Crippen molar-refractivity contribution < 1.29 is 0 Å². The van der Waals surface area contributed by atoms with Gasteiger partial charge in [0.05, 0.1) is 0 Å². The van der Waals surface area contributed by atoms with Gasteiger partial charge in [-0.15, -0.1) is 11.3 Å². The molecule has 1 aromatic rings. The summed E-state index contributed by atoms with van der Waals surface area (Å²) in [6, 6.07) is 0. The van der Waals surface area contributed by atoms with Crippen LogP contribution < -0.4 is 0 Å². The SMILES string of the molecule is C=Cc1scc(Br)c1C=C. The van der Waals surface area contributed by atoms with Crippen LogP contribution in [-0.2, 0) is 0 Å². The minimum absolute atomic E-state index is 1.10. The van der Waals surface area contributed by atoms with Gasteiger partial charge in [0.15, 0.2) is 0 Å². The van der Waals surface area contributed by atoms with E-state index in [0.29, 0.717) is 0 Å². The Morgan fingerprint density at radius 1 is 1.40 bits per heavy atom. The van der Waals surface area contributed by atoms with Crippen molar-refractivity contribution in [2.75, 3.05) is 0 Å². The fourth-order valence-corrected chi connectivity index (χ4v) is 2.28. The summed E-state index contributed by atoms with van der Waals surface area (Å²) in [4.78, 5) is 1.17. The lowest BCUT2D eigenvalue weighted by Gasteiger charge is -1.89. The molecule has 0 bridgehead atoms. The topological polar surface area (TPSA) is 0 Å². The maximum absolute atomic E-state index is 3.70. The molecule has 1 rings (SSSR count). The van der Waals surface area contributed by atoms with Crippen LogP contribution in [0.3, 0.4) is 0 Å². The standard InChI is InChI=1S/C8H7BrS/c1-3-6-7(9)5-10-8(6)4-2/h3-5H,1-2H2. The average molecular weight is 215 g/mol. The van der Waals surface area contributed by atoms with E-state index in [1.165, 1.54) is 4.88 Å². The van der Waals surface area contributed by atoms with Gasteiger partial charge in [0.2, 0.25) is 0 Å². The van der Waals surface area contributed by atoms with E-state index in [4.69, 9.17) is 0 Å². The predicted molar refractivity (Wildman–Crippen MR) is 52.2 cm³/mol. The summed E-state index contributed by atoms with van der Waals surface area (Å²) in [5.41, 5.74) is 1.14. The van der Waals surface area contributed by atoms with Gasteiger partial charge in [0.25, 0.3) is 0 Å². The second-order valence-electron chi connectivity index (χ2n) is 1.77. The lowest BCUT2D eigenvalue weighted by molar-refractivity contribution is 1.77. The van der Waals surface area contributed by atoms with Crippen LogP contribution in [0.15, 0.2) is 23.0 Å². The number of rotatable bonds is 2. The van der Waals surface area contributed by atoms with Gasteiger partial charge in [-0.2, -0.15) is 0 Å². The van der Waals surface area contributed by atoms with E-state index >= 15 is 0 Å². The molecular formula is C8H7BrS. The maximum Gasteiger partial charge on any atom is 0.0360 e. The molecule has 0 N–H and O–H groups in total. The molecule has 0 aromatic carbocycles. The molecule has 0 amide bonds. The van der Waals surface area contributed by atoms with Gasteiger partial charge in [0, 0.05) is 20.3 Å². The van der Waals surface area contributed by atoms with Gasteiger partial charge in [-0.05, 0) is 15.9 Å². The first-order valence-electron chi connectivity index (χ1n) is 2.81. The van der Waals surface area contributed by atoms with Crippen molar-refractivity contribution in [2.24, 2.45) is 0 Å². The van der Waals surface area contributed by atoms with Crippen molar-refractivity contribution >= 4 is 39.4 Å². The summed E-state index contributed by atoms with van der Waals surface area (Å²) in [5, 5.41) is 2.04. The number of hydrogen-bond acceptors (Lipinski definition) is 1. The zero-order chi connectivity index (χ0) is 7.56. The van der Waals surface area contributed by atoms with E-state index in [1.54, 1.807) is 11.3 Å². The third-order valence-electron chi connectivity index (χ3n) is 1.20. The molecule has 0 atom stereocenters. The Balaban J connectivity index is 3.25. The number of thiophene rings is 1. The molecule has 0 aliphatic heterocycles. The lowest BCUT2D eigenvalue weighted by Crippen LogP contribution is -1.67.